The van der Waals surface area contributed by atoms with Gasteiger partial charge in [0.1, 0.15) is 12.3 Å². The van der Waals surface area contributed by atoms with E-state index in [1.807, 2.05) is 11.7 Å². The van der Waals surface area contributed by atoms with E-state index in [0.29, 0.717) is 5.92 Å². The predicted octanol–water partition coefficient (Wildman–Crippen LogP) is 2.01. The Kier molecular flexibility index (Phi) is 2.12. The Hall–Kier alpha value is -1.32. The quantitative estimate of drug-likeness (QED) is 0.687. The number of oxime groups is 1. The molecule has 0 N–H and O–H groups in total. The Morgan fingerprint density at radius 1 is 1.35 bits per heavy atom. The fourth-order valence-electron chi connectivity index (χ4n) is 2.85. The van der Waals surface area contributed by atoms with E-state index in [-0.39, 0.29) is 5.41 Å². The van der Waals surface area contributed by atoms with Crippen LogP contribution in [0.4, 0.5) is 0 Å². The van der Waals surface area contributed by atoms with Crippen LogP contribution in [0.15, 0.2) is 5.16 Å². The van der Waals surface area contributed by atoms with E-state index < -0.39 is 0 Å². The molecule has 17 heavy (non-hydrogen) atoms. The molecule has 2 aliphatic rings. The van der Waals surface area contributed by atoms with Gasteiger partial charge in [-0.05, 0) is 12.8 Å². The van der Waals surface area contributed by atoms with Crippen LogP contribution >= 0.6 is 0 Å². The molecule has 1 aliphatic carbocycles. The van der Waals surface area contributed by atoms with Crippen LogP contribution in [0.25, 0.3) is 0 Å². The lowest BCUT2D eigenvalue weighted by Gasteiger charge is -2.22. The van der Waals surface area contributed by atoms with Crippen molar-refractivity contribution in [2.75, 3.05) is 6.61 Å². The van der Waals surface area contributed by atoms with Gasteiger partial charge in [-0.15, -0.1) is 0 Å². The van der Waals surface area contributed by atoms with Crippen molar-refractivity contribution < 1.29 is 4.84 Å². The van der Waals surface area contributed by atoms with Crippen molar-refractivity contribution in [2.45, 2.75) is 39.0 Å². The van der Waals surface area contributed by atoms with Crippen molar-refractivity contribution in [3.63, 3.8) is 0 Å². The summed E-state index contributed by atoms with van der Waals surface area (Å²) in [6.45, 7) is 7.39. The molecule has 1 aromatic heterocycles. The molecule has 0 saturated carbocycles. The zero-order valence-electron chi connectivity index (χ0n) is 10.9. The third kappa shape index (κ3) is 1.50. The van der Waals surface area contributed by atoms with E-state index in [1.165, 1.54) is 17.0 Å². The molecule has 0 fully saturated rings. The Bertz CT molecular complexity index is 493. The zero-order chi connectivity index (χ0) is 12.2. The van der Waals surface area contributed by atoms with E-state index in [1.54, 1.807) is 0 Å². The highest BCUT2D eigenvalue weighted by Crippen LogP contribution is 2.35. The second kappa shape index (κ2) is 3.34. The summed E-state index contributed by atoms with van der Waals surface area (Å²) >= 11 is 0. The van der Waals surface area contributed by atoms with Crippen molar-refractivity contribution in [3.05, 3.63) is 17.0 Å². The molecule has 1 atom stereocenters. The first-order chi connectivity index (χ1) is 7.98. The highest BCUT2D eigenvalue weighted by Gasteiger charge is 2.37. The molecule has 0 spiro atoms. The van der Waals surface area contributed by atoms with E-state index in [9.17, 15) is 0 Å². The first-order valence-corrected chi connectivity index (χ1v) is 6.25. The summed E-state index contributed by atoms with van der Waals surface area (Å²) in [6, 6.07) is 0. The zero-order valence-corrected chi connectivity index (χ0v) is 10.9. The van der Waals surface area contributed by atoms with Gasteiger partial charge in [0.2, 0.25) is 0 Å². The number of hydrogen-bond acceptors (Lipinski definition) is 3. The SMILES string of the molecule is Cn1nc(C(C)(C)C)c2c1C1=NOCC1CC2. The van der Waals surface area contributed by atoms with Crippen LogP contribution < -0.4 is 0 Å². The number of rotatable bonds is 0. The lowest BCUT2D eigenvalue weighted by molar-refractivity contribution is 0.152. The van der Waals surface area contributed by atoms with Crippen molar-refractivity contribution in [1.82, 2.24) is 9.78 Å². The van der Waals surface area contributed by atoms with Crippen molar-refractivity contribution >= 4 is 5.71 Å². The molecular formula is C13H19N3O. The van der Waals surface area contributed by atoms with Gasteiger partial charge >= 0.3 is 0 Å². The lowest BCUT2D eigenvalue weighted by atomic mass is 9.81. The first kappa shape index (κ1) is 10.8. The van der Waals surface area contributed by atoms with Gasteiger partial charge < -0.3 is 4.84 Å². The van der Waals surface area contributed by atoms with Gasteiger partial charge in [-0.1, -0.05) is 25.9 Å². The third-order valence-corrected chi connectivity index (χ3v) is 3.67. The van der Waals surface area contributed by atoms with Gasteiger partial charge in [-0.2, -0.15) is 5.10 Å². The molecule has 0 bridgehead atoms. The Balaban J connectivity index is 2.18. The summed E-state index contributed by atoms with van der Waals surface area (Å²) in [6.07, 6.45) is 2.24. The second-order valence-corrected chi connectivity index (χ2v) is 6.06. The maximum atomic E-state index is 5.25. The predicted molar refractivity (Wildman–Crippen MR) is 66.2 cm³/mol. The first-order valence-electron chi connectivity index (χ1n) is 6.25. The van der Waals surface area contributed by atoms with Crippen LogP contribution in [0.2, 0.25) is 0 Å². The van der Waals surface area contributed by atoms with E-state index >= 15 is 0 Å². The van der Waals surface area contributed by atoms with Crippen molar-refractivity contribution in [3.8, 4) is 0 Å². The Labute approximate surface area is 102 Å². The fourth-order valence-corrected chi connectivity index (χ4v) is 2.85. The van der Waals surface area contributed by atoms with Crippen molar-refractivity contribution in [2.24, 2.45) is 18.1 Å². The minimum Gasteiger partial charge on any atom is -0.395 e. The minimum atomic E-state index is 0.0954. The molecule has 1 unspecified atom stereocenters. The van der Waals surface area contributed by atoms with E-state index in [0.717, 1.165) is 25.2 Å². The number of hydrogen-bond donors (Lipinski definition) is 0. The maximum Gasteiger partial charge on any atom is 0.125 e. The van der Waals surface area contributed by atoms with Crippen LogP contribution in [0, 0.1) is 5.92 Å². The fraction of sp³-hybridized carbons (Fsp3) is 0.692. The molecule has 92 valence electrons. The largest absolute Gasteiger partial charge is 0.395 e. The second-order valence-electron chi connectivity index (χ2n) is 6.06. The summed E-state index contributed by atoms with van der Waals surface area (Å²) in [7, 11) is 2.01. The van der Waals surface area contributed by atoms with E-state index in [4.69, 9.17) is 9.94 Å². The highest BCUT2D eigenvalue weighted by atomic mass is 16.6. The molecule has 4 nitrogen and oxygen atoms in total. The summed E-state index contributed by atoms with van der Waals surface area (Å²) in [4.78, 5) is 5.25. The number of aryl methyl sites for hydroxylation is 1. The maximum absolute atomic E-state index is 5.25. The van der Waals surface area contributed by atoms with Gasteiger partial charge in [-0.3, -0.25) is 4.68 Å². The van der Waals surface area contributed by atoms with Gasteiger partial charge in [0, 0.05) is 23.9 Å². The van der Waals surface area contributed by atoms with Gasteiger partial charge in [-0.25, -0.2) is 0 Å². The molecule has 0 saturated heterocycles. The van der Waals surface area contributed by atoms with Gasteiger partial charge in [0.25, 0.3) is 0 Å². The average Bonchev–Trinajstić information content (AvgIpc) is 2.80. The standard InChI is InChI=1S/C13H19N3O/c1-13(2,3)12-9-6-5-8-7-17-15-10(8)11(9)16(4)14-12/h8H,5-7H2,1-4H3. The van der Waals surface area contributed by atoms with Crippen LogP contribution in [0.5, 0.6) is 0 Å². The smallest absolute Gasteiger partial charge is 0.125 e. The van der Waals surface area contributed by atoms with E-state index in [2.05, 4.69) is 25.9 Å². The number of fused-ring (bicyclic) bond motifs is 3. The molecule has 0 amide bonds. The summed E-state index contributed by atoms with van der Waals surface area (Å²) in [5.74, 6) is 0.478. The van der Waals surface area contributed by atoms with Crippen LogP contribution in [-0.2, 0) is 23.7 Å². The molecular weight excluding hydrogens is 214 g/mol. The van der Waals surface area contributed by atoms with Crippen molar-refractivity contribution in [1.29, 1.82) is 0 Å². The molecule has 1 aromatic rings. The average molecular weight is 233 g/mol. The minimum absolute atomic E-state index is 0.0954. The van der Waals surface area contributed by atoms with Gasteiger partial charge in [0.15, 0.2) is 0 Å². The molecule has 1 aliphatic heterocycles. The van der Waals surface area contributed by atoms with Crippen LogP contribution in [0.1, 0.15) is 44.1 Å². The topological polar surface area (TPSA) is 39.4 Å². The Morgan fingerprint density at radius 2 is 2.12 bits per heavy atom. The van der Waals surface area contributed by atoms with Gasteiger partial charge in [0.05, 0.1) is 11.4 Å². The monoisotopic (exact) mass is 233 g/mol. The number of nitrogens with zero attached hydrogens (tertiary/aromatic N) is 3. The summed E-state index contributed by atoms with van der Waals surface area (Å²) in [5.41, 5.74) is 4.99. The van der Waals surface area contributed by atoms with Crippen LogP contribution in [0.3, 0.4) is 0 Å². The lowest BCUT2D eigenvalue weighted by Crippen LogP contribution is -2.25. The molecule has 0 radical (unpaired) electrons. The molecule has 2 heterocycles. The summed E-state index contributed by atoms with van der Waals surface area (Å²) in [5, 5.41) is 8.92. The highest BCUT2D eigenvalue weighted by molar-refractivity contribution is 6.03. The normalized spacial score (nSPS) is 22.8. The molecule has 4 heteroatoms. The number of aromatic nitrogens is 2. The third-order valence-electron chi connectivity index (χ3n) is 3.67. The Morgan fingerprint density at radius 3 is 2.82 bits per heavy atom. The molecule has 3 rings (SSSR count). The van der Waals surface area contributed by atoms with Crippen LogP contribution in [-0.4, -0.2) is 22.1 Å². The molecule has 0 aromatic carbocycles. The summed E-state index contributed by atoms with van der Waals surface area (Å²) < 4.78 is 1.98.